The number of thiophene rings is 1. The van der Waals surface area contributed by atoms with Crippen LogP contribution in [0.2, 0.25) is 0 Å². The van der Waals surface area contributed by atoms with Gasteiger partial charge in [-0.2, -0.15) is 4.57 Å². The first-order valence-electron chi connectivity index (χ1n) is 20.9. The van der Waals surface area contributed by atoms with E-state index in [-0.39, 0.29) is 5.41 Å². The Kier molecular flexibility index (Phi) is 6.99. The smallest absolute Gasteiger partial charge is 0.213 e. The first-order valence-corrected chi connectivity index (χ1v) is 21.7. The molecule has 6 heterocycles. The number of para-hydroxylation sites is 1. The Hall–Kier alpha value is -5.25. The van der Waals surface area contributed by atoms with Crippen LogP contribution < -0.4 is 4.57 Å². The second kappa shape index (κ2) is 11.9. The van der Waals surface area contributed by atoms with E-state index in [1.165, 1.54) is 105 Å². The van der Waals surface area contributed by atoms with Crippen molar-refractivity contribution >= 4 is 75.2 Å². The monoisotopic (exact) mass is 743 g/mol. The Bertz CT molecular complexity index is 3160. The third kappa shape index (κ3) is 4.70. The third-order valence-corrected chi connectivity index (χ3v) is 14.8. The van der Waals surface area contributed by atoms with Crippen LogP contribution in [0.1, 0.15) is 86.2 Å². The van der Waals surface area contributed by atoms with Gasteiger partial charge >= 0.3 is 0 Å². The zero-order valence-corrected chi connectivity index (χ0v) is 33.6. The number of fused-ring (bicyclic) bond motifs is 8. The summed E-state index contributed by atoms with van der Waals surface area (Å²) in [6, 6.07) is 38.3. The summed E-state index contributed by atoms with van der Waals surface area (Å²) in [5.74, 6) is 0.916. The van der Waals surface area contributed by atoms with Gasteiger partial charge in [0.2, 0.25) is 5.69 Å². The van der Waals surface area contributed by atoms with Gasteiger partial charge in [-0.15, -0.1) is 11.3 Å². The molecule has 0 saturated heterocycles. The number of benzene rings is 5. The molecule has 0 spiro atoms. The standard InChI is InChI=1S/C53H47N2S/c1-31-13-5-7-16-34(31)35-17-8-6-14-33(35)15-11-21-45-41-27-44-50-38-18-9-10-22-48(38)56-49(50)29-43-37-20-12-19-36-40-26-42(39(41)28-47(40)55(51(36)37)52(43)44)46-25-32(23-24-54(45)46)30-53(2,3)4/h5-10,12-13,16-20,22-26,28-29,33,41,45H,11,14-15,21,27,30H2,1-4H3/q+1. The molecule has 3 atom stereocenters. The minimum absolute atomic E-state index is 0.219. The van der Waals surface area contributed by atoms with Crippen LogP contribution in [-0.4, -0.2) is 4.40 Å². The number of aromatic nitrogens is 2. The van der Waals surface area contributed by atoms with Gasteiger partial charge in [0.15, 0.2) is 12.2 Å². The summed E-state index contributed by atoms with van der Waals surface area (Å²) in [6.07, 6.45) is 16.3. The van der Waals surface area contributed by atoms with Crippen molar-refractivity contribution in [2.24, 2.45) is 11.3 Å². The van der Waals surface area contributed by atoms with Crippen molar-refractivity contribution in [3.63, 3.8) is 0 Å². The minimum atomic E-state index is 0.219. The maximum absolute atomic E-state index is 2.73. The van der Waals surface area contributed by atoms with Crippen LogP contribution in [0.25, 0.3) is 75.1 Å². The maximum Gasteiger partial charge on any atom is 0.213 e. The van der Waals surface area contributed by atoms with Crippen molar-refractivity contribution in [2.45, 2.75) is 78.2 Å². The number of aryl methyl sites for hydroxylation is 1. The topological polar surface area (TPSA) is 8.29 Å². The molecule has 0 fully saturated rings. The summed E-state index contributed by atoms with van der Waals surface area (Å²) in [6.45, 7) is 9.38. The van der Waals surface area contributed by atoms with Gasteiger partial charge in [0.1, 0.15) is 0 Å². The minimum Gasteiger partial charge on any atom is -0.308 e. The van der Waals surface area contributed by atoms with Crippen LogP contribution in [0.3, 0.4) is 0 Å². The van der Waals surface area contributed by atoms with E-state index < -0.39 is 0 Å². The van der Waals surface area contributed by atoms with Crippen LogP contribution in [0, 0.1) is 18.3 Å². The van der Waals surface area contributed by atoms with E-state index in [1.54, 1.807) is 11.1 Å². The Morgan fingerprint density at radius 1 is 0.768 bits per heavy atom. The van der Waals surface area contributed by atoms with Crippen LogP contribution in [0.15, 0.2) is 121 Å². The Labute approximate surface area is 332 Å². The summed E-state index contributed by atoms with van der Waals surface area (Å²) >= 11 is 1.98. The normalized spacial score (nSPS) is 19.1. The molecule has 2 bridgehead atoms. The molecule has 3 unspecified atom stereocenters. The van der Waals surface area contributed by atoms with Crippen molar-refractivity contribution in [1.82, 2.24) is 4.40 Å². The van der Waals surface area contributed by atoms with Gasteiger partial charge in [-0.05, 0) is 108 Å². The highest BCUT2D eigenvalue weighted by Gasteiger charge is 2.43. The van der Waals surface area contributed by atoms with Crippen molar-refractivity contribution in [3.8, 4) is 11.3 Å². The lowest BCUT2D eigenvalue weighted by Gasteiger charge is -2.33. The lowest BCUT2D eigenvalue weighted by Crippen LogP contribution is -2.48. The van der Waals surface area contributed by atoms with E-state index in [1.807, 2.05) is 11.3 Å². The van der Waals surface area contributed by atoms with E-state index in [2.05, 4.69) is 158 Å². The van der Waals surface area contributed by atoms with Gasteiger partial charge in [0.25, 0.3) is 0 Å². The van der Waals surface area contributed by atoms with Gasteiger partial charge in [-0.3, -0.25) is 0 Å². The lowest BCUT2D eigenvalue weighted by molar-refractivity contribution is -0.719. The molecule has 56 heavy (non-hydrogen) atoms. The van der Waals surface area contributed by atoms with Crippen molar-refractivity contribution < 1.29 is 4.57 Å². The maximum atomic E-state index is 2.73. The molecule has 4 aromatic heterocycles. The number of pyridine rings is 1. The molecule has 3 heteroatoms. The molecule has 274 valence electrons. The predicted octanol–water partition coefficient (Wildman–Crippen LogP) is 14.1. The second-order valence-corrected chi connectivity index (χ2v) is 19.5. The summed E-state index contributed by atoms with van der Waals surface area (Å²) < 4.78 is 8.23. The Morgan fingerprint density at radius 2 is 1.59 bits per heavy atom. The van der Waals surface area contributed by atoms with Crippen LogP contribution in [0.5, 0.6) is 0 Å². The number of rotatable bonds is 6. The Morgan fingerprint density at radius 3 is 2.46 bits per heavy atom. The fraction of sp³-hybridized carbons (Fsp3) is 0.264. The SMILES string of the molecule is Cc1ccccc1C1=CC=CCC1CCCC1C2Cc3c4c(cc5c6cccc7c8cc(c2cc8n(c35)c76)-c2cc(CC(C)(C)C)cc[n+]21)sc1ccccc14. The summed E-state index contributed by atoms with van der Waals surface area (Å²) in [7, 11) is 0. The van der Waals surface area contributed by atoms with Crippen LogP contribution >= 0.6 is 11.3 Å². The largest absolute Gasteiger partial charge is 0.308 e. The molecule has 2 aliphatic heterocycles. The Balaban J connectivity index is 1.06. The number of nitrogens with zero attached hydrogens (tertiary/aromatic N) is 2. The highest BCUT2D eigenvalue weighted by molar-refractivity contribution is 7.26. The van der Waals surface area contributed by atoms with E-state index in [4.69, 9.17) is 0 Å². The number of allylic oxidation sites excluding steroid dienone is 4. The summed E-state index contributed by atoms with van der Waals surface area (Å²) in [5.41, 5.74) is 16.1. The van der Waals surface area contributed by atoms with Gasteiger partial charge in [0.05, 0.1) is 28.0 Å². The van der Waals surface area contributed by atoms with Gasteiger partial charge < -0.3 is 4.40 Å². The van der Waals surface area contributed by atoms with E-state index in [0.29, 0.717) is 17.9 Å². The summed E-state index contributed by atoms with van der Waals surface area (Å²) in [4.78, 5) is 0. The first kappa shape index (κ1) is 32.9. The lowest BCUT2D eigenvalue weighted by atomic mass is 9.75. The molecule has 0 amide bonds. The number of hydrogen-bond acceptors (Lipinski definition) is 1. The van der Waals surface area contributed by atoms with Gasteiger partial charge in [0, 0.05) is 60.3 Å². The third-order valence-electron chi connectivity index (χ3n) is 13.7. The van der Waals surface area contributed by atoms with Crippen molar-refractivity contribution in [1.29, 1.82) is 0 Å². The van der Waals surface area contributed by atoms with Crippen LogP contribution in [-0.2, 0) is 12.8 Å². The fourth-order valence-corrected chi connectivity index (χ4v) is 12.6. The summed E-state index contributed by atoms with van der Waals surface area (Å²) in [5, 5.41) is 8.48. The zero-order valence-electron chi connectivity index (χ0n) is 32.8. The highest BCUT2D eigenvalue weighted by atomic mass is 32.1. The van der Waals surface area contributed by atoms with E-state index >= 15 is 0 Å². The number of hydrogen-bond donors (Lipinski definition) is 0. The molecule has 1 aliphatic carbocycles. The predicted molar refractivity (Wildman–Crippen MR) is 239 cm³/mol. The average molecular weight is 744 g/mol. The van der Waals surface area contributed by atoms with E-state index in [0.717, 1.165) is 25.7 Å². The fourth-order valence-electron chi connectivity index (χ4n) is 11.4. The first-order chi connectivity index (χ1) is 27.3. The molecule has 9 aromatic rings. The molecule has 0 radical (unpaired) electrons. The molecular formula is C53H47N2S+. The molecule has 12 rings (SSSR count). The quantitative estimate of drug-likeness (QED) is 0.150. The zero-order chi connectivity index (χ0) is 37.4. The molecule has 0 saturated carbocycles. The molecule has 2 nitrogen and oxygen atoms in total. The van der Waals surface area contributed by atoms with Gasteiger partial charge in [-0.1, -0.05) is 99.7 Å². The molecule has 0 N–H and O–H groups in total. The molecular weight excluding hydrogens is 697 g/mol. The average Bonchev–Trinajstić information content (AvgIpc) is 3.83. The van der Waals surface area contributed by atoms with Crippen molar-refractivity contribution in [2.75, 3.05) is 0 Å². The molecule has 3 aliphatic rings. The van der Waals surface area contributed by atoms with E-state index in [9.17, 15) is 0 Å². The molecule has 5 aromatic carbocycles. The van der Waals surface area contributed by atoms with Gasteiger partial charge in [-0.25, -0.2) is 0 Å². The second-order valence-electron chi connectivity index (χ2n) is 18.4. The highest BCUT2D eigenvalue weighted by Crippen LogP contribution is 2.53. The van der Waals surface area contributed by atoms with Crippen LogP contribution in [0.4, 0.5) is 0 Å². The van der Waals surface area contributed by atoms with Crippen molar-refractivity contribution in [3.05, 3.63) is 149 Å².